The Balaban J connectivity index is 1.53. The molecule has 0 bridgehead atoms. The first-order valence-corrected chi connectivity index (χ1v) is 11.6. The number of halogens is 1. The van der Waals surface area contributed by atoms with Crippen molar-refractivity contribution in [1.29, 1.82) is 10.5 Å². The van der Waals surface area contributed by atoms with Gasteiger partial charge in [0.2, 0.25) is 5.95 Å². The molecule has 0 spiro atoms. The topological polar surface area (TPSA) is 127 Å². The van der Waals surface area contributed by atoms with E-state index in [-0.39, 0.29) is 11.9 Å². The summed E-state index contributed by atoms with van der Waals surface area (Å²) in [6.45, 7) is 0. The third kappa shape index (κ3) is 4.30. The molecule has 1 aromatic carbocycles. The number of nitrogens with one attached hydrogen (secondary N) is 3. The highest BCUT2D eigenvalue weighted by Crippen LogP contribution is 2.40. The maximum atomic E-state index is 9.65. The number of nitriles is 2. The zero-order chi connectivity index (χ0) is 22.9. The van der Waals surface area contributed by atoms with Crippen molar-refractivity contribution in [3.8, 4) is 12.1 Å². The molecule has 10 heteroatoms. The molecule has 0 aliphatic heterocycles. The highest BCUT2D eigenvalue weighted by atomic mass is 35.5. The number of nitrogens with zero attached hydrogens (tertiary/aromatic N) is 6. The van der Waals surface area contributed by atoms with Crippen LogP contribution in [0.4, 0.5) is 17.5 Å². The molecule has 0 unspecified atom stereocenters. The summed E-state index contributed by atoms with van der Waals surface area (Å²) in [4.78, 5) is 8.91. The normalized spacial score (nSPS) is 20.2. The van der Waals surface area contributed by atoms with Crippen molar-refractivity contribution >= 4 is 34.7 Å². The maximum absolute atomic E-state index is 9.65. The van der Waals surface area contributed by atoms with Gasteiger partial charge in [-0.05, 0) is 62.8 Å². The van der Waals surface area contributed by atoms with E-state index in [1.807, 2.05) is 13.1 Å². The van der Waals surface area contributed by atoms with Gasteiger partial charge in [-0.2, -0.15) is 20.0 Å². The Morgan fingerprint density at radius 3 is 2.70 bits per heavy atom. The molecule has 2 heterocycles. The van der Waals surface area contributed by atoms with Crippen LogP contribution >= 0.6 is 11.6 Å². The first kappa shape index (κ1) is 21.4. The second-order valence-corrected chi connectivity index (χ2v) is 9.08. The lowest BCUT2D eigenvalue weighted by molar-refractivity contribution is 0.355. The molecule has 9 nitrogen and oxygen atoms in total. The predicted molar refractivity (Wildman–Crippen MR) is 126 cm³/mol. The van der Waals surface area contributed by atoms with Crippen LogP contribution < -0.4 is 16.0 Å². The summed E-state index contributed by atoms with van der Waals surface area (Å²) in [6.07, 6.45) is 7.88. The number of fused-ring (bicyclic) bond motifs is 1. The number of rotatable bonds is 6. The van der Waals surface area contributed by atoms with Crippen LogP contribution in [0.1, 0.15) is 61.3 Å². The molecule has 2 aliphatic carbocycles. The minimum atomic E-state index is 0.270. The summed E-state index contributed by atoms with van der Waals surface area (Å²) in [5.74, 6) is 1.11. The third-order valence-corrected chi connectivity index (χ3v) is 6.82. The van der Waals surface area contributed by atoms with E-state index in [2.05, 4.69) is 43.2 Å². The van der Waals surface area contributed by atoms with Crippen LogP contribution in [0, 0.1) is 22.7 Å². The zero-order valence-corrected chi connectivity index (χ0v) is 19.0. The Hall–Kier alpha value is -3.40. The summed E-state index contributed by atoms with van der Waals surface area (Å²) in [5.41, 5.74) is 2.89. The number of hydrogen-bond acceptors (Lipinski definition) is 8. The molecule has 2 saturated carbocycles. The largest absolute Gasteiger partial charge is 0.364 e. The Morgan fingerprint density at radius 1 is 1.12 bits per heavy atom. The second-order valence-electron chi connectivity index (χ2n) is 8.71. The fraction of sp³-hybridized carbons (Fsp3) is 0.435. The summed E-state index contributed by atoms with van der Waals surface area (Å²) in [7, 11) is 1.99. The van der Waals surface area contributed by atoms with Crippen molar-refractivity contribution in [2.45, 2.75) is 56.5 Å². The molecule has 3 N–H and O–H groups in total. The first-order valence-electron chi connectivity index (χ1n) is 11.2. The SMILES string of the molecule is CN[C@@H]1CCC[C@H](c2cc(C#N)cc(Nc3nc(NC4CC4)c4ncc(C#N)n4n3)c2Cl)C1. The van der Waals surface area contributed by atoms with Gasteiger partial charge in [0, 0.05) is 12.1 Å². The van der Waals surface area contributed by atoms with Crippen molar-refractivity contribution in [2.75, 3.05) is 17.7 Å². The van der Waals surface area contributed by atoms with Crippen LogP contribution in [0.2, 0.25) is 5.02 Å². The lowest BCUT2D eigenvalue weighted by atomic mass is 9.81. The Morgan fingerprint density at radius 2 is 1.97 bits per heavy atom. The summed E-state index contributed by atoms with van der Waals surface area (Å²) >= 11 is 6.87. The van der Waals surface area contributed by atoms with E-state index in [9.17, 15) is 10.5 Å². The molecule has 0 amide bonds. The molecule has 0 saturated heterocycles. The van der Waals surface area contributed by atoms with Gasteiger partial charge in [0.1, 0.15) is 6.07 Å². The van der Waals surface area contributed by atoms with Crippen LogP contribution in [-0.4, -0.2) is 38.7 Å². The van der Waals surface area contributed by atoms with Crippen LogP contribution in [-0.2, 0) is 0 Å². The van der Waals surface area contributed by atoms with Gasteiger partial charge in [0.05, 0.1) is 28.5 Å². The number of imidazole rings is 1. The second kappa shape index (κ2) is 8.86. The molecule has 5 rings (SSSR count). The summed E-state index contributed by atoms with van der Waals surface area (Å²) in [6, 6.07) is 8.75. The van der Waals surface area contributed by atoms with E-state index in [0.29, 0.717) is 45.5 Å². The van der Waals surface area contributed by atoms with Crippen molar-refractivity contribution in [3.63, 3.8) is 0 Å². The van der Waals surface area contributed by atoms with E-state index in [1.165, 1.54) is 10.7 Å². The molecule has 0 radical (unpaired) electrons. The monoisotopic (exact) mass is 461 g/mol. The molecular formula is C23H24ClN9. The van der Waals surface area contributed by atoms with Gasteiger partial charge in [-0.1, -0.05) is 18.0 Å². The number of aromatic nitrogens is 4. The quantitative estimate of drug-likeness (QED) is 0.501. The maximum Gasteiger partial charge on any atom is 0.247 e. The first-order chi connectivity index (χ1) is 16.1. The molecule has 33 heavy (non-hydrogen) atoms. The lowest BCUT2D eigenvalue weighted by Crippen LogP contribution is -2.30. The predicted octanol–water partition coefficient (Wildman–Crippen LogP) is 4.08. The van der Waals surface area contributed by atoms with Gasteiger partial charge >= 0.3 is 0 Å². The minimum Gasteiger partial charge on any atom is -0.364 e. The molecule has 2 aliphatic rings. The Labute approximate surface area is 196 Å². The fourth-order valence-electron chi connectivity index (χ4n) is 4.48. The van der Waals surface area contributed by atoms with E-state index < -0.39 is 0 Å². The van der Waals surface area contributed by atoms with Gasteiger partial charge in [0.25, 0.3) is 0 Å². The smallest absolute Gasteiger partial charge is 0.247 e. The molecule has 168 valence electrons. The van der Waals surface area contributed by atoms with Crippen LogP contribution in [0.15, 0.2) is 18.3 Å². The van der Waals surface area contributed by atoms with Crippen molar-refractivity contribution in [1.82, 2.24) is 24.9 Å². The van der Waals surface area contributed by atoms with Gasteiger partial charge in [-0.3, -0.25) is 0 Å². The van der Waals surface area contributed by atoms with E-state index in [0.717, 1.165) is 44.1 Å². The summed E-state index contributed by atoms with van der Waals surface area (Å²) < 4.78 is 1.47. The molecule has 3 aromatic rings. The Bertz CT molecular complexity index is 1280. The van der Waals surface area contributed by atoms with Gasteiger partial charge < -0.3 is 16.0 Å². The van der Waals surface area contributed by atoms with Gasteiger partial charge in [-0.25, -0.2) is 4.98 Å². The molecule has 2 fully saturated rings. The van der Waals surface area contributed by atoms with E-state index in [1.54, 1.807) is 6.07 Å². The van der Waals surface area contributed by atoms with Crippen molar-refractivity contribution in [3.05, 3.63) is 40.2 Å². The lowest BCUT2D eigenvalue weighted by Gasteiger charge is -2.30. The number of anilines is 3. The zero-order valence-electron chi connectivity index (χ0n) is 18.3. The van der Waals surface area contributed by atoms with Gasteiger partial charge in [-0.15, -0.1) is 5.10 Å². The summed E-state index contributed by atoms with van der Waals surface area (Å²) in [5, 5.41) is 34.1. The van der Waals surface area contributed by atoms with Gasteiger partial charge in [0.15, 0.2) is 17.2 Å². The average Bonchev–Trinajstić information content (AvgIpc) is 3.56. The highest BCUT2D eigenvalue weighted by Gasteiger charge is 2.27. The van der Waals surface area contributed by atoms with E-state index >= 15 is 0 Å². The average molecular weight is 462 g/mol. The van der Waals surface area contributed by atoms with Crippen molar-refractivity contribution < 1.29 is 0 Å². The van der Waals surface area contributed by atoms with Crippen LogP contribution in [0.5, 0.6) is 0 Å². The fourth-order valence-corrected chi connectivity index (χ4v) is 4.79. The van der Waals surface area contributed by atoms with Crippen molar-refractivity contribution in [2.24, 2.45) is 0 Å². The molecular weight excluding hydrogens is 438 g/mol. The molecule has 2 atom stereocenters. The number of benzene rings is 1. The number of hydrogen-bond donors (Lipinski definition) is 3. The van der Waals surface area contributed by atoms with E-state index in [4.69, 9.17) is 11.6 Å². The van der Waals surface area contributed by atoms with Crippen LogP contribution in [0.3, 0.4) is 0 Å². The van der Waals surface area contributed by atoms with Crippen LogP contribution in [0.25, 0.3) is 5.65 Å². The third-order valence-electron chi connectivity index (χ3n) is 6.39. The highest BCUT2D eigenvalue weighted by molar-refractivity contribution is 6.34. The standard InChI is InChI=1S/C23H24ClN9/c1-27-16-4-2-3-14(9-16)18-7-13(10-25)8-19(20(18)24)30-23-31-21(29-15-5-6-15)22-28-12-17(11-26)33(22)32-23/h7-8,12,14-16,27H,2-6,9H2,1H3,(H2,29,30,31,32)/t14-,16+/m0/s1. The minimum absolute atomic E-state index is 0.270. The Kier molecular flexibility index (Phi) is 5.76. The molecule has 2 aromatic heterocycles.